The van der Waals surface area contributed by atoms with E-state index in [0.29, 0.717) is 41.8 Å². The van der Waals surface area contributed by atoms with Crippen molar-refractivity contribution in [1.29, 1.82) is 0 Å². The first-order valence-electron chi connectivity index (χ1n) is 11.4. The minimum atomic E-state index is -0.793. The molecule has 2 heterocycles. The normalized spacial score (nSPS) is 15.4. The molecule has 4 rings (SSSR count). The van der Waals surface area contributed by atoms with E-state index in [1.807, 2.05) is 13.8 Å². The average Bonchev–Trinajstić information content (AvgIpc) is 3.17. The van der Waals surface area contributed by atoms with Crippen LogP contribution in [0.3, 0.4) is 0 Å². The molecule has 10 heteroatoms. The molecule has 0 radical (unpaired) electrons. The van der Waals surface area contributed by atoms with Crippen LogP contribution in [0.15, 0.2) is 63.5 Å². The van der Waals surface area contributed by atoms with Gasteiger partial charge in [0, 0.05) is 0 Å². The molecule has 0 saturated carbocycles. The van der Waals surface area contributed by atoms with Gasteiger partial charge < -0.3 is 9.47 Å². The average molecular weight is 559 g/mol. The number of carbonyl (C=O) groups excluding carboxylic acids is 2. The molecule has 0 aliphatic carbocycles. The number of nitrogens with zero attached hydrogens (tertiary/aromatic N) is 2. The zero-order chi connectivity index (χ0) is 26.9. The zero-order valence-corrected chi connectivity index (χ0v) is 22.9. The Kier molecular flexibility index (Phi) is 8.02. The van der Waals surface area contributed by atoms with Gasteiger partial charge in [-0.2, -0.15) is 0 Å². The molecule has 0 spiro atoms. The molecule has 0 fully saturated rings. The van der Waals surface area contributed by atoms with Gasteiger partial charge in [0.25, 0.3) is 5.56 Å². The number of hydrogen-bond donors (Lipinski definition) is 0. The highest BCUT2D eigenvalue weighted by atomic mass is 35.5. The summed E-state index contributed by atoms with van der Waals surface area (Å²) in [4.78, 5) is 43.9. The number of fused-ring (bicyclic) bond motifs is 1. The van der Waals surface area contributed by atoms with Crippen molar-refractivity contribution < 1.29 is 19.1 Å². The van der Waals surface area contributed by atoms with Gasteiger partial charge in [-0.15, -0.1) is 0 Å². The van der Waals surface area contributed by atoms with Crippen molar-refractivity contribution in [2.45, 2.75) is 26.8 Å². The van der Waals surface area contributed by atoms with Crippen molar-refractivity contribution in [3.63, 3.8) is 0 Å². The summed E-state index contributed by atoms with van der Waals surface area (Å²) in [6.07, 6.45) is 1.71. The fraction of sp³-hybridized carbons (Fsp3) is 0.259. The molecule has 2 aromatic carbocycles. The quantitative estimate of drug-likeness (QED) is 0.415. The predicted octanol–water partition coefficient (Wildman–Crippen LogP) is 4.53. The lowest BCUT2D eigenvalue weighted by molar-refractivity contribution is -0.140. The third-order valence-electron chi connectivity index (χ3n) is 5.68. The van der Waals surface area contributed by atoms with Crippen LogP contribution >= 0.6 is 34.5 Å². The second kappa shape index (κ2) is 11.0. The van der Waals surface area contributed by atoms with E-state index in [2.05, 4.69) is 4.99 Å². The summed E-state index contributed by atoms with van der Waals surface area (Å²) in [5.41, 5.74) is 2.08. The Hall–Kier alpha value is -3.20. The van der Waals surface area contributed by atoms with Crippen molar-refractivity contribution in [2.75, 3.05) is 13.7 Å². The first kappa shape index (κ1) is 26.9. The molecule has 1 aliphatic rings. The van der Waals surface area contributed by atoms with E-state index in [4.69, 9.17) is 32.7 Å². The maximum absolute atomic E-state index is 13.7. The van der Waals surface area contributed by atoms with Crippen LogP contribution in [0.2, 0.25) is 10.0 Å². The summed E-state index contributed by atoms with van der Waals surface area (Å²) in [5.74, 6) is -0.897. The summed E-state index contributed by atoms with van der Waals surface area (Å²) in [6.45, 7) is 5.83. The molecule has 1 unspecified atom stereocenters. The van der Waals surface area contributed by atoms with E-state index in [1.165, 1.54) is 23.0 Å². The van der Waals surface area contributed by atoms with E-state index in [9.17, 15) is 14.4 Å². The molecule has 7 nitrogen and oxygen atoms in total. The topological polar surface area (TPSA) is 87.0 Å². The molecule has 1 aliphatic heterocycles. The zero-order valence-electron chi connectivity index (χ0n) is 20.6. The Morgan fingerprint density at radius 2 is 1.81 bits per heavy atom. The number of rotatable bonds is 6. The van der Waals surface area contributed by atoms with Crippen molar-refractivity contribution in [1.82, 2.24) is 4.57 Å². The highest BCUT2D eigenvalue weighted by molar-refractivity contribution is 7.07. The molecule has 3 aromatic rings. The highest BCUT2D eigenvalue weighted by Crippen LogP contribution is 2.31. The maximum Gasteiger partial charge on any atom is 0.338 e. The number of benzene rings is 2. The number of aromatic nitrogens is 1. The summed E-state index contributed by atoms with van der Waals surface area (Å²) >= 11 is 13.4. The number of hydrogen-bond acceptors (Lipinski definition) is 7. The standard InChI is InChI=1S/C27H24Cl2N2O5S/c1-14(2)13-36-26(34)22-15(3)30-27-31(23(22)17-6-8-18(9-7-17)25(33)35-4)24(32)21(37-27)12-16-5-10-19(28)20(29)11-16/h5-12,14,23H,13H2,1-4H3. The SMILES string of the molecule is COC(=O)c1ccc(C2C(C(=O)OCC(C)C)=C(C)N=c3sc(=Cc4ccc(Cl)c(Cl)c4)c(=O)n32)cc1. The number of thiazole rings is 1. The Morgan fingerprint density at radius 3 is 2.43 bits per heavy atom. The Bertz CT molecular complexity index is 1590. The second-order valence-corrected chi connectivity index (χ2v) is 10.7. The number of halogens is 2. The van der Waals surface area contributed by atoms with E-state index < -0.39 is 18.0 Å². The molecule has 37 heavy (non-hydrogen) atoms. The molecule has 0 saturated heterocycles. The first-order chi connectivity index (χ1) is 17.6. The lowest BCUT2D eigenvalue weighted by Crippen LogP contribution is -2.40. The van der Waals surface area contributed by atoms with Crippen LogP contribution in [0.25, 0.3) is 6.08 Å². The Balaban J connectivity index is 1.89. The van der Waals surface area contributed by atoms with E-state index in [-0.39, 0.29) is 23.7 Å². The van der Waals surface area contributed by atoms with Gasteiger partial charge in [0.2, 0.25) is 0 Å². The van der Waals surface area contributed by atoms with Crippen LogP contribution in [0.1, 0.15) is 48.3 Å². The summed E-state index contributed by atoms with van der Waals surface area (Å²) in [7, 11) is 1.30. The minimum absolute atomic E-state index is 0.134. The van der Waals surface area contributed by atoms with Gasteiger partial charge in [0.1, 0.15) is 0 Å². The molecule has 0 amide bonds. The largest absolute Gasteiger partial charge is 0.465 e. The van der Waals surface area contributed by atoms with Gasteiger partial charge in [0.15, 0.2) is 4.80 Å². The van der Waals surface area contributed by atoms with Gasteiger partial charge in [-0.1, -0.05) is 66.6 Å². The molecule has 1 aromatic heterocycles. The van der Waals surface area contributed by atoms with Gasteiger partial charge in [-0.3, -0.25) is 9.36 Å². The van der Waals surface area contributed by atoms with Crippen LogP contribution in [0, 0.1) is 5.92 Å². The third-order valence-corrected chi connectivity index (χ3v) is 7.40. The lowest BCUT2D eigenvalue weighted by Gasteiger charge is -2.25. The Morgan fingerprint density at radius 1 is 1.11 bits per heavy atom. The van der Waals surface area contributed by atoms with Gasteiger partial charge in [-0.25, -0.2) is 14.6 Å². The monoisotopic (exact) mass is 558 g/mol. The third kappa shape index (κ3) is 5.56. The molecular formula is C27H24Cl2N2O5S. The smallest absolute Gasteiger partial charge is 0.338 e. The van der Waals surface area contributed by atoms with Gasteiger partial charge in [-0.05, 0) is 54.3 Å². The van der Waals surface area contributed by atoms with E-state index in [1.54, 1.807) is 55.5 Å². The fourth-order valence-corrected chi connectivity index (χ4v) is 5.24. The lowest BCUT2D eigenvalue weighted by atomic mass is 9.95. The number of carbonyl (C=O) groups is 2. The molecule has 192 valence electrons. The summed E-state index contributed by atoms with van der Waals surface area (Å²) < 4.78 is 12.2. The molecule has 1 atom stereocenters. The molecule has 0 bridgehead atoms. The molecular weight excluding hydrogens is 535 g/mol. The summed E-state index contributed by atoms with van der Waals surface area (Å²) in [5, 5.41) is 0.786. The second-order valence-electron chi connectivity index (χ2n) is 8.86. The van der Waals surface area contributed by atoms with Crippen LogP contribution in [0.4, 0.5) is 0 Å². The number of ether oxygens (including phenoxy) is 2. The Labute approximate surface area is 227 Å². The van der Waals surface area contributed by atoms with Gasteiger partial charge >= 0.3 is 11.9 Å². The van der Waals surface area contributed by atoms with Crippen LogP contribution in [0.5, 0.6) is 0 Å². The highest BCUT2D eigenvalue weighted by Gasteiger charge is 2.33. The maximum atomic E-state index is 13.7. The fourth-order valence-electron chi connectivity index (χ4n) is 3.89. The number of methoxy groups -OCH3 is 1. The van der Waals surface area contributed by atoms with Crippen molar-refractivity contribution in [3.05, 3.63) is 100 Å². The van der Waals surface area contributed by atoms with Crippen molar-refractivity contribution in [3.8, 4) is 0 Å². The predicted molar refractivity (Wildman–Crippen MR) is 144 cm³/mol. The number of esters is 2. The summed E-state index contributed by atoms with van der Waals surface area (Å²) in [6, 6.07) is 10.9. The van der Waals surface area contributed by atoms with Crippen LogP contribution in [-0.2, 0) is 14.3 Å². The van der Waals surface area contributed by atoms with Crippen LogP contribution < -0.4 is 14.9 Å². The van der Waals surface area contributed by atoms with Crippen molar-refractivity contribution in [2.24, 2.45) is 10.9 Å². The number of allylic oxidation sites excluding steroid dienone is 1. The molecule has 0 N–H and O–H groups in total. The van der Waals surface area contributed by atoms with Crippen molar-refractivity contribution >= 4 is 52.6 Å². The van der Waals surface area contributed by atoms with Crippen LogP contribution in [-0.4, -0.2) is 30.2 Å². The van der Waals surface area contributed by atoms with E-state index in [0.717, 1.165) is 0 Å². The van der Waals surface area contributed by atoms with E-state index >= 15 is 0 Å². The minimum Gasteiger partial charge on any atom is -0.465 e. The van der Waals surface area contributed by atoms with Gasteiger partial charge in [0.05, 0.1) is 51.2 Å². The first-order valence-corrected chi connectivity index (χ1v) is 13.0.